The van der Waals surface area contributed by atoms with Crippen LogP contribution in [0.15, 0.2) is 35.8 Å². The Hall–Kier alpha value is -2.96. The van der Waals surface area contributed by atoms with Gasteiger partial charge in [-0.05, 0) is 37.5 Å². The highest BCUT2D eigenvalue weighted by Crippen LogP contribution is 2.29. The maximum absolute atomic E-state index is 11.5. The van der Waals surface area contributed by atoms with Gasteiger partial charge in [0, 0.05) is 17.6 Å². The topological polar surface area (TPSA) is 104 Å². The van der Waals surface area contributed by atoms with E-state index in [-0.39, 0.29) is 12.1 Å². The molecular weight excluding hydrogens is 322 g/mol. The minimum Gasteiger partial charge on any atom is -0.477 e. The Bertz CT molecular complexity index is 829. The molecule has 2 aromatic rings. The first-order valence-corrected chi connectivity index (χ1v) is 8.15. The van der Waals surface area contributed by atoms with Gasteiger partial charge in [-0.3, -0.25) is 0 Å². The predicted molar refractivity (Wildman–Crippen MR) is 94.5 cm³/mol. The number of nitrogens with zero attached hydrogens (tertiary/aromatic N) is 3. The molecule has 0 saturated heterocycles. The van der Waals surface area contributed by atoms with Gasteiger partial charge in [0.15, 0.2) is 5.57 Å². The van der Waals surface area contributed by atoms with Gasteiger partial charge in [0.25, 0.3) is 0 Å². The average Bonchev–Trinajstić information content (AvgIpc) is 2.60. The molecule has 0 amide bonds. The summed E-state index contributed by atoms with van der Waals surface area (Å²) in [7, 11) is 0. The Morgan fingerprint density at radius 1 is 1.08 bits per heavy atom. The first-order chi connectivity index (χ1) is 11.9. The zero-order valence-corrected chi connectivity index (χ0v) is 14.5. The second-order valence-electron chi connectivity index (χ2n) is 5.43. The number of anilines is 1. The zero-order valence-electron chi connectivity index (χ0n) is 14.5. The summed E-state index contributed by atoms with van der Waals surface area (Å²) in [4.78, 5) is 33.1. The van der Waals surface area contributed by atoms with Gasteiger partial charge in [-0.2, -0.15) is 0 Å². The molecule has 0 aliphatic heterocycles. The van der Waals surface area contributed by atoms with Crippen LogP contribution < -0.4 is 4.90 Å². The van der Waals surface area contributed by atoms with Crippen LogP contribution in [-0.2, 0) is 16.0 Å². The van der Waals surface area contributed by atoms with E-state index in [0.29, 0.717) is 12.4 Å². The maximum Gasteiger partial charge on any atom is 0.344 e. The quantitative estimate of drug-likeness (QED) is 0.452. The molecular formula is C18H21N3O4. The number of aromatic nitrogens is 2. The van der Waals surface area contributed by atoms with Crippen LogP contribution in [0, 0.1) is 0 Å². The summed E-state index contributed by atoms with van der Waals surface area (Å²) in [6.45, 7) is 5.97. The van der Waals surface area contributed by atoms with Gasteiger partial charge in [0.2, 0.25) is 0 Å². The molecule has 0 spiro atoms. The SMILES string of the molecule is CCC(=C(C(=O)O)C(=O)O)N(CC)c1ncnc2ccc(CC)cc12. The molecule has 1 aromatic carbocycles. The number of aryl methyl sites for hydroxylation is 1. The molecule has 7 nitrogen and oxygen atoms in total. The number of carboxylic acids is 2. The number of carbonyl (C=O) groups is 2. The van der Waals surface area contributed by atoms with E-state index in [0.717, 1.165) is 22.9 Å². The van der Waals surface area contributed by atoms with Crippen LogP contribution in [0.4, 0.5) is 5.82 Å². The van der Waals surface area contributed by atoms with Crippen LogP contribution in [0.3, 0.4) is 0 Å². The zero-order chi connectivity index (χ0) is 18.6. The largest absolute Gasteiger partial charge is 0.477 e. The van der Waals surface area contributed by atoms with E-state index in [9.17, 15) is 19.8 Å². The number of hydrogen-bond acceptors (Lipinski definition) is 5. The fraction of sp³-hybridized carbons (Fsp3) is 0.333. The fourth-order valence-corrected chi connectivity index (χ4v) is 2.83. The Balaban J connectivity index is 2.75. The standard InChI is InChI=1S/C18H21N3O4/c1-4-11-7-8-13-12(9-11)16(20-10-19-13)21(6-3)14(5-2)15(17(22)23)18(24)25/h7-10H,4-6H2,1-3H3,(H,22,23)(H,24,25). The summed E-state index contributed by atoms with van der Waals surface area (Å²) in [6.07, 6.45) is 2.49. The van der Waals surface area contributed by atoms with E-state index >= 15 is 0 Å². The van der Waals surface area contributed by atoms with E-state index < -0.39 is 17.5 Å². The number of allylic oxidation sites excluding steroid dienone is 1. The molecule has 1 aromatic heterocycles. The van der Waals surface area contributed by atoms with Crippen molar-refractivity contribution >= 4 is 28.7 Å². The highest BCUT2D eigenvalue weighted by molar-refractivity contribution is 6.13. The van der Waals surface area contributed by atoms with Gasteiger partial charge < -0.3 is 15.1 Å². The Morgan fingerprint density at radius 3 is 2.28 bits per heavy atom. The van der Waals surface area contributed by atoms with Crippen LogP contribution in [0.1, 0.15) is 32.8 Å². The highest BCUT2D eigenvalue weighted by atomic mass is 16.4. The average molecular weight is 343 g/mol. The van der Waals surface area contributed by atoms with Crippen molar-refractivity contribution in [2.75, 3.05) is 11.4 Å². The number of benzene rings is 1. The summed E-state index contributed by atoms with van der Waals surface area (Å²) >= 11 is 0. The van der Waals surface area contributed by atoms with E-state index in [1.165, 1.54) is 6.33 Å². The molecule has 2 rings (SSSR count). The Morgan fingerprint density at radius 2 is 1.76 bits per heavy atom. The lowest BCUT2D eigenvalue weighted by molar-refractivity contribution is -0.140. The van der Waals surface area contributed by atoms with Gasteiger partial charge in [-0.25, -0.2) is 19.6 Å². The van der Waals surface area contributed by atoms with Crippen LogP contribution >= 0.6 is 0 Å². The second-order valence-corrected chi connectivity index (χ2v) is 5.43. The third kappa shape index (κ3) is 3.60. The van der Waals surface area contributed by atoms with E-state index in [1.54, 1.807) is 11.8 Å². The number of hydrogen-bond donors (Lipinski definition) is 2. The molecule has 0 saturated carbocycles. The molecule has 0 fully saturated rings. The van der Waals surface area contributed by atoms with Gasteiger partial charge in [0.1, 0.15) is 12.1 Å². The van der Waals surface area contributed by atoms with Crippen molar-refractivity contribution in [3.05, 3.63) is 41.4 Å². The van der Waals surface area contributed by atoms with Crippen LogP contribution in [0.5, 0.6) is 0 Å². The maximum atomic E-state index is 11.5. The van der Waals surface area contributed by atoms with Gasteiger partial charge in [0.05, 0.1) is 5.52 Å². The van der Waals surface area contributed by atoms with Crippen molar-refractivity contribution in [1.82, 2.24) is 9.97 Å². The van der Waals surface area contributed by atoms with Crippen molar-refractivity contribution in [3.63, 3.8) is 0 Å². The summed E-state index contributed by atoms with van der Waals surface area (Å²) in [5.74, 6) is -2.41. The van der Waals surface area contributed by atoms with E-state index in [2.05, 4.69) is 9.97 Å². The monoisotopic (exact) mass is 343 g/mol. The molecule has 0 radical (unpaired) electrons. The molecule has 25 heavy (non-hydrogen) atoms. The third-order valence-corrected chi connectivity index (χ3v) is 4.04. The van der Waals surface area contributed by atoms with E-state index in [4.69, 9.17) is 0 Å². The molecule has 0 atom stereocenters. The van der Waals surface area contributed by atoms with E-state index in [1.807, 2.05) is 32.0 Å². The number of carboxylic acid groups (broad SMARTS) is 2. The Labute approximate surface area is 145 Å². The molecule has 0 unspecified atom stereocenters. The summed E-state index contributed by atoms with van der Waals surface area (Å²) in [6, 6.07) is 5.82. The molecule has 132 valence electrons. The number of rotatable bonds is 7. The minimum absolute atomic E-state index is 0.212. The van der Waals surface area contributed by atoms with Crippen molar-refractivity contribution < 1.29 is 19.8 Å². The molecule has 0 aliphatic carbocycles. The number of fused-ring (bicyclic) bond motifs is 1. The lowest BCUT2D eigenvalue weighted by atomic mass is 10.1. The molecule has 2 N–H and O–H groups in total. The minimum atomic E-state index is -1.46. The lowest BCUT2D eigenvalue weighted by Gasteiger charge is -2.26. The molecule has 1 heterocycles. The van der Waals surface area contributed by atoms with Crippen molar-refractivity contribution in [1.29, 1.82) is 0 Å². The normalized spacial score (nSPS) is 10.5. The predicted octanol–water partition coefficient (Wildman–Crippen LogP) is 2.85. The molecule has 7 heteroatoms. The smallest absolute Gasteiger partial charge is 0.344 e. The summed E-state index contributed by atoms with van der Waals surface area (Å²) in [5.41, 5.74) is 1.40. The summed E-state index contributed by atoms with van der Waals surface area (Å²) in [5, 5.41) is 19.4. The summed E-state index contributed by atoms with van der Waals surface area (Å²) < 4.78 is 0. The lowest BCUT2D eigenvalue weighted by Crippen LogP contribution is -2.28. The first-order valence-electron chi connectivity index (χ1n) is 8.15. The third-order valence-electron chi connectivity index (χ3n) is 4.04. The van der Waals surface area contributed by atoms with Gasteiger partial charge in [-0.1, -0.05) is 19.9 Å². The van der Waals surface area contributed by atoms with Gasteiger partial charge >= 0.3 is 11.9 Å². The second kappa shape index (κ2) is 7.74. The van der Waals surface area contributed by atoms with Crippen LogP contribution in [0.2, 0.25) is 0 Å². The van der Waals surface area contributed by atoms with Crippen LogP contribution in [0.25, 0.3) is 10.9 Å². The van der Waals surface area contributed by atoms with Crippen molar-refractivity contribution in [2.24, 2.45) is 0 Å². The first kappa shape index (κ1) is 18.4. The molecule has 0 bridgehead atoms. The molecule has 0 aliphatic rings. The Kier molecular flexibility index (Phi) is 5.69. The van der Waals surface area contributed by atoms with Gasteiger partial charge in [-0.15, -0.1) is 0 Å². The number of aliphatic carboxylic acids is 2. The van der Waals surface area contributed by atoms with Crippen LogP contribution in [-0.4, -0.2) is 38.7 Å². The van der Waals surface area contributed by atoms with Crippen molar-refractivity contribution in [3.8, 4) is 0 Å². The highest BCUT2D eigenvalue weighted by Gasteiger charge is 2.26. The fourth-order valence-electron chi connectivity index (χ4n) is 2.83. The van der Waals surface area contributed by atoms with Crippen molar-refractivity contribution in [2.45, 2.75) is 33.6 Å².